The molecule has 0 spiro atoms. The molecule has 29 heavy (non-hydrogen) atoms. The molecule has 3 heterocycles. The Labute approximate surface area is 173 Å². The number of hydrogen-bond donors (Lipinski definition) is 1. The summed E-state index contributed by atoms with van der Waals surface area (Å²) in [5, 5.41) is 0. The van der Waals surface area contributed by atoms with Gasteiger partial charge < -0.3 is 9.88 Å². The van der Waals surface area contributed by atoms with Gasteiger partial charge in [0.25, 0.3) is 5.56 Å². The van der Waals surface area contributed by atoms with Crippen molar-refractivity contribution in [2.24, 2.45) is 17.8 Å². The van der Waals surface area contributed by atoms with Crippen molar-refractivity contribution in [2.45, 2.75) is 77.3 Å². The zero-order valence-electron chi connectivity index (χ0n) is 17.8. The van der Waals surface area contributed by atoms with Gasteiger partial charge in [0.2, 0.25) is 5.91 Å². The molecule has 3 fully saturated rings. The second kappa shape index (κ2) is 7.53. The number of piperidine rings is 1. The van der Waals surface area contributed by atoms with Crippen LogP contribution in [0.15, 0.2) is 4.79 Å². The number of carbonyl (C=O) groups is 1. The van der Waals surface area contributed by atoms with Crippen molar-refractivity contribution in [3.05, 3.63) is 27.4 Å². The van der Waals surface area contributed by atoms with E-state index < -0.39 is 0 Å². The van der Waals surface area contributed by atoms with Crippen LogP contribution in [-0.4, -0.2) is 51.4 Å². The molecule has 4 aliphatic rings. The van der Waals surface area contributed by atoms with Crippen molar-refractivity contribution < 1.29 is 4.79 Å². The highest BCUT2D eigenvalue weighted by molar-refractivity contribution is 5.82. The van der Waals surface area contributed by atoms with Crippen molar-refractivity contribution in [3.63, 3.8) is 0 Å². The van der Waals surface area contributed by atoms with Crippen molar-refractivity contribution in [1.29, 1.82) is 0 Å². The van der Waals surface area contributed by atoms with Gasteiger partial charge in [-0.1, -0.05) is 12.8 Å². The van der Waals surface area contributed by atoms with Crippen LogP contribution >= 0.6 is 0 Å². The summed E-state index contributed by atoms with van der Waals surface area (Å²) in [5.41, 5.74) is 1.87. The lowest BCUT2D eigenvalue weighted by Gasteiger charge is -2.33. The number of likely N-dealkylation sites (tertiary alicyclic amines) is 1. The quantitative estimate of drug-likeness (QED) is 0.850. The Kier molecular flexibility index (Phi) is 5.01. The third-order valence-corrected chi connectivity index (χ3v) is 7.98. The molecule has 0 bridgehead atoms. The van der Waals surface area contributed by atoms with E-state index in [9.17, 15) is 9.59 Å². The smallest absolute Gasteiger partial charge is 0.255 e. The number of carbonyl (C=O) groups excluding carboxylic acids is 1. The maximum Gasteiger partial charge on any atom is 0.255 e. The molecule has 2 atom stereocenters. The van der Waals surface area contributed by atoms with Crippen LogP contribution in [0.3, 0.4) is 0 Å². The first kappa shape index (κ1) is 19.3. The molecule has 0 unspecified atom stereocenters. The number of nitrogens with one attached hydrogen (secondary N) is 1. The summed E-state index contributed by atoms with van der Waals surface area (Å²) in [6.07, 6.45) is 7.80. The predicted octanol–water partition coefficient (Wildman–Crippen LogP) is 2.68. The number of aromatic nitrogens is 2. The summed E-state index contributed by atoms with van der Waals surface area (Å²) >= 11 is 0. The molecule has 2 saturated carbocycles. The molecular weight excluding hydrogens is 364 g/mol. The zero-order chi connectivity index (χ0) is 20.1. The van der Waals surface area contributed by atoms with Crippen LogP contribution in [0.1, 0.15) is 75.4 Å². The first-order chi connectivity index (χ1) is 14.0. The number of rotatable bonds is 3. The average molecular weight is 399 g/mol. The van der Waals surface area contributed by atoms with Gasteiger partial charge in [-0.05, 0) is 51.4 Å². The molecule has 5 rings (SSSR count). The fourth-order valence-electron chi connectivity index (χ4n) is 6.04. The standard InChI is InChI=1S/C23H34N4O2/c1-14(2)27-12-9-19-18(13-27)22(28)25-21(24-19)15-7-10-26(11-8-15)23(29)20-16-5-3-4-6-17(16)20/h14-17,20H,3-13H2,1-2H3,(H,24,25,28)/t16-,17-/m1/s1. The molecule has 0 aromatic carbocycles. The Balaban J connectivity index is 1.23. The summed E-state index contributed by atoms with van der Waals surface area (Å²) in [4.78, 5) is 38.1. The fraction of sp³-hybridized carbons (Fsp3) is 0.783. The highest BCUT2D eigenvalue weighted by atomic mass is 16.2. The van der Waals surface area contributed by atoms with Crippen molar-refractivity contribution in [3.8, 4) is 0 Å². The Morgan fingerprint density at radius 3 is 2.41 bits per heavy atom. The van der Waals surface area contributed by atoms with Crippen molar-refractivity contribution in [1.82, 2.24) is 19.8 Å². The van der Waals surface area contributed by atoms with Gasteiger partial charge in [-0.3, -0.25) is 14.5 Å². The summed E-state index contributed by atoms with van der Waals surface area (Å²) in [6.45, 7) is 7.63. The molecule has 0 radical (unpaired) electrons. The van der Waals surface area contributed by atoms with E-state index in [1.54, 1.807) is 0 Å². The summed E-state index contributed by atoms with van der Waals surface area (Å²) in [5.74, 6) is 3.19. The van der Waals surface area contributed by atoms with E-state index in [2.05, 4.69) is 28.6 Å². The Hall–Kier alpha value is -1.69. The van der Waals surface area contributed by atoms with Gasteiger partial charge in [0.05, 0.1) is 11.3 Å². The first-order valence-electron chi connectivity index (χ1n) is 11.7. The number of nitrogens with zero attached hydrogens (tertiary/aromatic N) is 3. The molecule has 2 aliphatic carbocycles. The Morgan fingerprint density at radius 1 is 1.07 bits per heavy atom. The molecular formula is C23H34N4O2. The summed E-state index contributed by atoms with van der Waals surface area (Å²) < 4.78 is 0. The van der Waals surface area contributed by atoms with E-state index in [1.807, 2.05) is 0 Å². The monoisotopic (exact) mass is 398 g/mol. The minimum atomic E-state index is 0.0379. The normalized spacial score (nSPS) is 30.2. The van der Waals surface area contributed by atoms with E-state index >= 15 is 0 Å². The second-order valence-electron chi connectivity index (χ2n) is 9.93. The number of H-pyrrole nitrogens is 1. The molecule has 158 valence electrons. The van der Waals surface area contributed by atoms with Crippen LogP contribution in [0.5, 0.6) is 0 Å². The van der Waals surface area contributed by atoms with Crippen LogP contribution in [-0.2, 0) is 17.8 Å². The van der Waals surface area contributed by atoms with Gasteiger partial charge in [-0.25, -0.2) is 4.98 Å². The van der Waals surface area contributed by atoms with E-state index in [0.717, 1.165) is 56.0 Å². The third-order valence-electron chi connectivity index (χ3n) is 7.98. The van der Waals surface area contributed by atoms with E-state index in [0.29, 0.717) is 36.2 Å². The molecule has 2 aliphatic heterocycles. The number of fused-ring (bicyclic) bond motifs is 2. The summed E-state index contributed by atoms with van der Waals surface area (Å²) in [6, 6.07) is 0.444. The van der Waals surface area contributed by atoms with Crippen LogP contribution in [0.4, 0.5) is 0 Å². The van der Waals surface area contributed by atoms with Gasteiger partial charge in [0, 0.05) is 50.5 Å². The maximum absolute atomic E-state index is 12.9. The number of hydrogen-bond acceptors (Lipinski definition) is 4. The van der Waals surface area contributed by atoms with Gasteiger partial charge in [0.15, 0.2) is 0 Å². The molecule has 1 saturated heterocycles. The van der Waals surface area contributed by atoms with Gasteiger partial charge in [-0.2, -0.15) is 0 Å². The second-order valence-corrected chi connectivity index (χ2v) is 9.93. The molecule has 6 heteroatoms. The molecule has 1 aromatic rings. The highest BCUT2D eigenvalue weighted by Gasteiger charge is 2.55. The van der Waals surface area contributed by atoms with Crippen LogP contribution in [0.2, 0.25) is 0 Å². The van der Waals surface area contributed by atoms with E-state index in [-0.39, 0.29) is 11.5 Å². The van der Waals surface area contributed by atoms with Gasteiger partial charge in [-0.15, -0.1) is 0 Å². The van der Waals surface area contributed by atoms with Crippen LogP contribution < -0.4 is 5.56 Å². The topological polar surface area (TPSA) is 69.3 Å². The first-order valence-corrected chi connectivity index (χ1v) is 11.7. The number of aromatic amines is 1. The van der Waals surface area contributed by atoms with Crippen molar-refractivity contribution >= 4 is 5.91 Å². The Morgan fingerprint density at radius 2 is 1.76 bits per heavy atom. The van der Waals surface area contributed by atoms with Crippen LogP contribution in [0.25, 0.3) is 0 Å². The van der Waals surface area contributed by atoms with Gasteiger partial charge in [0.1, 0.15) is 5.82 Å². The minimum Gasteiger partial charge on any atom is -0.342 e. The molecule has 1 N–H and O–H groups in total. The van der Waals surface area contributed by atoms with Gasteiger partial charge >= 0.3 is 0 Å². The van der Waals surface area contributed by atoms with E-state index in [1.165, 1.54) is 25.7 Å². The lowest BCUT2D eigenvalue weighted by Crippen LogP contribution is -2.41. The van der Waals surface area contributed by atoms with Crippen LogP contribution in [0, 0.1) is 17.8 Å². The summed E-state index contributed by atoms with van der Waals surface area (Å²) in [7, 11) is 0. The minimum absolute atomic E-state index is 0.0379. The lowest BCUT2D eigenvalue weighted by molar-refractivity contribution is -0.134. The highest BCUT2D eigenvalue weighted by Crippen LogP contribution is 2.56. The fourth-order valence-corrected chi connectivity index (χ4v) is 6.04. The van der Waals surface area contributed by atoms with Crippen molar-refractivity contribution in [2.75, 3.05) is 19.6 Å². The predicted molar refractivity (Wildman–Crippen MR) is 112 cm³/mol. The average Bonchev–Trinajstić information content (AvgIpc) is 3.47. The molecule has 1 amide bonds. The molecule has 1 aromatic heterocycles. The van der Waals surface area contributed by atoms with E-state index in [4.69, 9.17) is 4.98 Å². The maximum atomic E-state index is 12.9. The number of amides is 1. The zero-order valence-corrected chi connectivity index (χ0v) is 17.8. The molecule has 6 nitrogen and oxygen atoms in total. The Bertz CT molecular complexity index is 828. The lowest BCUT2D eigenvalue weighted by atomic mass is 9.94. The third kappa shape index (κ3) is 3.54. The largest absolute Gasteiger partial charge is 0.342 e. The SMILES string of the molecule is CC(C)N1CCc2nc(C3CCN(C(=O)C4[C@@H]5CCCC[C@@H]45)CC3)[nH]c(=O)c2C1.